The standard InChI is InChI=1S/C17H18N2O2/c1-20-16-13-17(21-2)19(15-11-7-4-8-12-15)18(16)14-9-5-3-6-10-14/h3-13,16H,1-2H3. The van der Waals surface area contributed by atoms with Crippen molar-refractivity contribution in [1.82, 2.24) is 0 Å². The van der Waals surface area contributed by atoms with Crippen LogP contribution < -0.4 is 10.0 Å². The first-order chi connectivity index (χ1) is 10.3. The van der Waals surface area contributed by atoms with Crippen molar-refractivity contribution < 1.29 is 9.47 Å². The SMILES string of the molecule is COC1=CC(OC)N(c2ccccc2)N1c1ccccc1. The van der Waals surface area contributed by atoms with Crippen LogP contribution in [0.3, 0.4) is 0 Å². The minimum absolute atomic E-state index is 0.206. The van der Waals surface area contributed by atoms with E-state index in [1.54, 1.807) is 14.2 Å². The molecular weight excluding hydrogens is 264 g/mol. The largest absolute Gasteiger partial charge is 0.481 e. The van der Waals surface area contributed by atoms with Crippen LogP contribution in [0, 0.1) is 0 Å². The highest BCUT2D eigenvalue weighted by atomic mass is 16.5. The van der Waals surface area contributed by atoms with Crippen molar-refractivity contribution in [2.24, 2.45) is 0 Å². The third-order valence-corrected chi connectivity index (χ3v) is 3.42. The van der Waals surface area contributed by atoms with Crippen molar-refractivity contribution in [1.29, 1.82) is 0 Å². The maximum absolute atomic E-state index is 5.59. The molecule has 1 aliphatic rings. The molecule has 1 atom stereocenters. The van der Waals surface area contributed by atoms with Crippen molar-refractivity contribution in [2.75, 3.05) is 24.2 Å². The summed E-state index contributed by atoms with van der Waals surface area (Å²) in [6, 6.07) is 20.2. The number of para-hydroxylation sites is 2. The molecule has 21 heavy (non-hydrogen) atoms. The van der Waals surface area contributed by atoms with E-state index in [0.717, 1.165) is 17.3 Å². The Labute approximate surface area is 124 Å². The second-order valence-electron chi connectivity index (χ2n) is 4.66. The summed E-state index contributed by atoms with van der Waals surface area (Å²) in [4.78, 5) is 0. The van der Waals surface area contributed by atoms with Gasteiger partial charge in [0.05, 0.1) is 18.5 Å². The molecule has 4 heteroatoms. The monoisotopic (exact) mass is 282 g/mol. The van der Waals surface area contributed by atoms with Crippen LogP contribution in [0.25, 0.3) is 0 Å². The Morgan fingerprint density at radius 3 is 1.90 bits per heavy atom. The predicted octanol–water partition coefficient (Wildman–Crippen LogP) is 3.39. The highest BCUT2D eigenvalue weighted by molar-refractivity contribution is 5.64. The van der Waals surface area contributed by atoms with Crippen LogP contribution in [-0.4, -0.2) is 20.4 Å². The summed E-state index contributed by atoms with van der Waals surface area (Å²) in [7, 11) is 3.36. The van der Waals surface area contributed by atoms with Crippen molar-refractivity contribution in [3.8, 4) is 0 Å². The lowest BCUT2D eigenvalue weighted by molar-refractivity contribution is 0.143. The van der Waals surface area contributed by atoms with Crippen LogP contribution in [-0.2, 0) is 9.47 Å². The summed E-state index contributed by atoms with van der Waals surface area (Å²) < 4.78 is 11.1. The average molecular weight is 282 g/mol. The van der Waals surface area contributed by atoms with E-state index >= 15 is 0 Å². The molecule has 0 saturated carbocycles. The first-order valence-corrected chi connectivity index (χ1v) is 6.83. The predicted molar refractivity (Wildman–Crippen MR) is 83.7 cm³/mol. The Hall–Kier alpha value is -2.46. The van der Waals surface area contributed by atoms with Crippen molar-refractivity contribution in [3.63, 3.8) is 0 Å². The Bertz CT molecular complexity index is 613. The van der Waals surface area contributed by atoms with Gasteiger partial charge in [0.15, 0.2) is 6.23 Å². The number of rotatable bonds is 4. The van der Waals surface area contributed by atoms with Gasteiger partial charge >= 0.3 is 0 Å². The first-order valence-electron chi connectivity index (χ1n) is 6.83. The van der Waals surface area contributed by atoms with Gasteiger partial charge in [-0.15, -0.1) is 0 Å². The summed E-state index contributed by atoms with van der Waals surface area (Å²) in [5, 5.41) is 4.08. The smallest absolute Gasteiger partial charge is 0.213 e. The number of methoxy groups -OCH3 is 2. The molecule has 0 spiro atoms. The zero-order chi connectivity index (χ0) is 14.7. The zero-order valence-corrected chi connectivity index (χ0v) is 12.1. The van der Waals surface area contributed by atoms with Gasteiger partial charge in [-0.2, -0.15) is 0 Å². The maximum atomic E-state index is 5.59. The second kappa shape index (κ2) is 5.89. The molecule has 0 aromatic heterocycles. The molecule has 0 aliphatic carbocycles. The summed E-state index contributed by atoms with van der Waals surface area (Å²) in [5.41, 5.74) is 2.06. The maximum Gasteiger partial charge on any atom is 0.213 e. The number of benzene rings is 2. The van der Waals surface area contributed by atoms with E-state index < -0.39 is 0 Å². The minimum Gasteiger partial charge on any atom is -0.481 e. The fourth-order valence-electron chi connectivity index (χ4n) is 2.47. The Morgan fingerprint density at radius 1 is 0.810 bits per heavy atom. The molecule has 2 aromatic carbocycles. The lowest BCUT2D eigenvalue weighted by Gasteiger charge is -2.35. The van der Waals surface area contributed by atoms with E-state index in [-0.39, 0.29) is 6.23 Å². The van der Waals surface area contributed by atoms with Crippen LogP contribution in [0.2, 0.25) is 0 Å². The average Bonchev–Trinajstić information content (AvgIpc) is 2.95. The molecule has 0 saturated heterocycles. The summed E-state index contributed by atoms with van der Waals surface area (Å²) in [6.45, 7) is 0. The van der Waals surface area contributed by atoms with E-state index in [9.17, 15) is 0 Å². The summed E-state index contributed by atoms with van der Waals surface area (Å²) in [6.07, 6.45) is 1.75. The molecule has 0 N–H and O–H groups in total. The molecule has 0 fully saturated rings. The number of hydrogen-bond donors (Lipinski definition) is 0. The van der Waals surface area contributed by atoms with E-state index in [4.69, 9.17) is 9.47 Å². The van der Waals surface area contributed by atoms with Crippen molar-refractivity contribution in [2.45, 2.75) is 6.23 Å². The van der Waals surface area contributed by atoms with Crippen LogP contribution in [0.15, 0.2) is 72.6 Å². The van der Waals surface area contributed by atoms with Gasteiger partial charge in [-0.25, -0.2) is 10.0 Å². The van der Waals surface area contributed by atoms with Crippen molar-refractivity contribution in [3.05, 3.63) is 72.6 Å². The molecule has 0 amide bonds. The number of hydrazine groups is 1. The molecule has 0 bridgehead atoms. The highest BCUT2D eigenvalue weighted by Gasteiger charge is 2.34. The lowest BCUT2D eigenvalue weighted by atomic mass is 10.3. The summed E-state index contributed by atoms with van der Waals surface area (Å²) >= 11 is 0. The van der Waals surface area contributed by atoms with Gasteiger partial charge in [0.2, 0.25) is 5.88 Å². The number of ether oxygens (including phenoxy) is 2. The topological polar surface area (TPSA) is 24.9 Å². The molecule has 1 unspecified atom stereocenters. The Balaban J connectivity index is 2.06. The number of anilines is 2. The molecule has 4 nitrogen and oxygen atoms in total. The quantitative estimate of drug-likeness (QED) is 0.858. The van der Waals surface area contributed by atoms with Gasteiger partial charge in [0.1, 0.15) is 0 Å². The van der Waals surface area contributed by atoms with Crippen molar-refractivity contribution >= 4 is 11.4 Å². The minimum atomic E-state index is -0.206. The molecule has 108 valence electrons. The van der Waals surface area contributed by atoms with E-state index in [2.05, 4.69) is 17.1 Å². The third kappa shape index (κ3) is 2.45. The van der Waals surface area contributed by atoms with Gasteiger partial charge in [-0.3, -0.25) is 0 Å². The summed E-state index contributed by atoms with van der Waals surface area (Å²) in [5.74, 6) is 0.747. The molecule has 2 aromatic rings. The third-order valence-electron chi connectivity index (χ3n) is 3.42. The van der Waals surface area contributed by atoms with Crippen LogP contribution in [0.4, 0.5) is 11.4 Å². The van der Waals surface area contributed by atoms with E-state index in [1.165, 1.54) is 0 Å². The van der Waals surface area contributed by atoms with Gasteiger partial charge in [-0.05, 0) is 24.3 Å². The first kappa shape index (κ1) is 13.5. The molecule has 3 rings (SSSR count). The van der Waals surface area contributed by atoms with E-state index in [0.29, 0.717) is 0 Å². The molecule has 1 heterocycles. The van der Waals surface area contributed by atoms with Gasteiger partial charge in [-0.1, -0.05) is 36.4 Å². The molecular formula is C17H18N2O2. The Morgan fingerprint density at radius 2 is 1.38 bits per heavy atom. The highest BCUT2D eigenvalue weighted by Crippen LogP contribution is 2.33. The molecule has 1 aliphatic heterocycles. The number of nitrogens with zero attached hydrogens (tertiary/aromatic N) is 2. The van der Waals surface area contributed by atoms with Crippen LogP contribution in [0.1, 0.15) is 0 Å². The second-order valence-corrected chi connectivity index (χ2v) is 4.66. The fourth-order valence-corrected chi connectivity index (χ4v) is 2.47. The van der Waals surface area contributed by atoms with E-state index in [1.807, 2.05) is 59.6 Å². The number of hydrogen-bond acceptors (Lipinski definition) is 4. The van der Waals surface area contributed by atoms with Crippen LogP contribution in [0.5, 0.6) is 0 Å². The normalized spacial score (nSPS) is 17.8. The molecule has 0 radical (unpaired) electrons. The zero-order valence-electron chi connectivity index (χ0n) is 12.1. The lowest BCUT2D eigenvalue weighted by Crippen LogP contribution is -2.44. The van der Waals surface area contributed by atoms with Gasteiger partial charge < -0.3 is 9.47 Å². The van der Waals surface area contributed by atoms with Gasteiger partial charge in [0.25, 0.3) is 0 Å². The van der Waals surface area contributed by atoms with Gasteiger partial charge in [0, 0.05) is 13.2 Å². The fraction of sp³-hybridized carbons (Fsp3) is 0.176. The van der Waals surface area contributed by atoms with Crippen LogP contribution >= 0.6 is 0 Å². The Kier molecular flexibility index (Phi) is 3.79.